The summed E-state index contributed by atoms with van der Waals surface area (Å²) >= 11 is 0. The molecule has 0 saturated carbocycles. The van der Waals surface area contributed by atoms with Crippen LogP contribution in [0, 0.1) is 0 Å². The molecule has 0 radical (unpaired) electrons. The van der Waals surface area contributed by atoms with Gasteiger partial charge in [0.1, 0.15) is 18.5 Å². The molecule has 2 amide bonds. The Morgan fingerprint density at radius 1 is 1.33 bits per heavy atom. The van der Waals surface area contributed by atoms with Crippen LogP contribution in [0.5, 0.6) is 0 Å². The zero-order valence-corrected chi connectivity index (χ0v) is 13.7. The largest absolute Gasteiger partial charge is 0.366 e. The molecule has 0 aliphatic carbocycles. The van der Waals surface area contributed by atoms with Gasteiger partial charge in [0.2, 0.25) is 11.8 Å². The van der Waals surface area contributed by atoms with Gasteiger partial charge in [-0.25, -0.2) is 4.39 Å². The molecule has 2 aliphatic rings. The van der Waals surface area contributed by atoms with Crippen molar-refractivity contribution in [2.45, 2.75) is 32.0 Å². The summed E-state index contributed by atoms with van der Waals surface area (Å²) in [4.78, 5) is 28.3. The van der Waals surface area contributed by atoms with Crippen molar-refractivity contribution in [3.8, 4) is 0 Å². The second-order valence-corrected chi connectivity index (χ2v) is 6.17. The number of carbonyl (C=O) groups is 2. The molecule has 0 unspecified atom stereocenters. The van der Waals surface area contributed by atoms with Crippen LogP contribution in [-0.2, 0) is 20.9 Å². The third-order valence-electron chi connectivity index (χ3n) is 4.44. The first-order valence-corrected chi connectivity index (χ1v) is 8.14. The van der Waals surface area contributed by atoms with Gasteiger partial charge in [-0.2, -0.15) is 0 Å². The summed E-state index contributed by atoms with van der Waals surface area (Å²) in [5, 5.41) is 0. The molecule has 128 valence electrons. The van der Waals surface area contributed by atoms with E-state index >= 15 is 0 Å². The van der Waals surface area contributed by atoms with Crippen molar-refractivity contribution in [1.29, 1.82) is 0 Å². The van der Waals surface area contributed by atoms with E-state index in [2.05, 4.69) is 0 Å². The highest BCUT2D eigenvalue weighted by molar-refractivity contribution is 5.90. The van der Waals surface area contributed by atoms with Gasteiger partial charge in [-0.05, 0) is 25.0 Å². The van der Waals surface area contributed by atoms with E-state index in [1.165, 1.54) is 11.0 Å². The second kappa shape index (κ2) is 7.13. The number of nitrogens with zero attached hydrogens (tertiary/aromatic N) is 2. The number of halogens is 1. The molecule has 5 nitrogen and oxygen atoms in total. The zero-order valence-electron chi connectivity index (χ0n) is 13.7. The summed E-state index contributed by atoms with van der Waals surface area (Å²) in [7, 11) is 0. The van der Waals surface area contributed by atoms with Gasteiger partial charge in [-0.3, -0.25) is 9.59 Å². The van der Waals surface area contributed by atoms with Crippen molar-refractivity contribution >= 4 is 11.8 Å². The van der Waals surface area contributed by atoms with Crippen molar-refractivity contribution in [1.82, 2.24) is 9.80 Å². The molecule has 0 N–H and O–H groups in total. The molecule has 1 fully saturated rings. The maximum Gasteiger partial charge on any atom is 0.249 e. The highest BCUT2D eigenvalue weighted by atomic mass is 19.1. The number of carbonyl (C=O) groups excluding carboxylic acids is 2. The van der Waals surface area contributed by atoms with Crippen molar-refractivity contribution in [2.24, 2.45) is 0 Å². The SMILES string of the molecule is C[C@H]1OCC(=O)N(Cc2ccccc2)[C@@H]1C(=O)N1CCC=C(F)C1. The van der Waals surface area contributed by atoms with Crippen LogP contribution in [-0.4, -0.2) is 53.5 Å². The van der Waals surface area contributed by atoms with Gasteiger partial charge in [-0.15, -0.1) is 0 Å². The lowest BCUT2D eigenvalue weighted by molar-refractivity contribution is -0.167. The molecular weight excluding hydrogens is 311 g/mol. The third-order valence-corrected chi connectivity index (χ3v) is 4.44. The topological polar surface area (TPSA) is 49.9 Å². The van der Waals surface area contributed by atoms with E-state index < -0.39 is 12.1 Å². The van der Waals surface area contributed by atoms with Crippen LogP contribution in [0.4, 0.5) is 4.39 Å². The van der Waals surface area contributed by atoms with Gasteiger partial charge in [0, 0.05) is 13.1 Å². The number of rotatable bonds is 3. The van der Waals surface area contributed by atoms with Crippen molar-refractivity contribution in [3.63, 3.8) is 0 Å². The Hall–Kier alpha value is -2.21. The first kappa shape index (κ1) is 16.6. The highest BCUT2D eigenvalue weighted by Gasteiger charge is 2.41. The maximum absolute atomic E-state index is 13.5. The van der Waals surface area contributed by atoms with Crippen LogP contribution < -0.4 is 0 Å². The van der Waals surface area contributed by atoms with E-state index in [1.54, 1.807) is 11.8 Å². The quantitative estimate of drug-likeness (QED) is 0.849. The smallest absolute Gasteiger partial charge is 0.249 e. The minimum atomic E-state index is -0.725. The van der Waals surface area contributed by atoms with Crippen LogP contribution in [0.15, 0.2) is 42.2 Å². The molecule has 2 aliphatic heterocycles. The first-order valence-electron chi connectivity index (χ1n) is 8.14. The summed E-state index contributed by atoms with van der Waals surface area (Å²) in [5.41, 5.74) is 0.947. The molecule has 2 heterocycles. The first-order chi connectivity index (χ1) is 11.6. The Kier molecular flexibility index (Phi) is 4.94. The van der Waals surface area contributed by atoms with Gasteiger partial charge in [0.05, 0.1) is 12.6 Å². The molecular formula is C18H21FN2O3. The fourth-order valence-corrected chi connectivity index (χ4v) is 3.16. The summed E-state index contributed by atoms with van der Waals surface area (Å²) in [6, 6.07) is 8.80. The zero-order chi connectivity index (χ0) is 17.1. The number of morpholine rings is 1. The molecule has 0 bridgehead atoms. The molecule has 0 spiro atoms. The average Bonchev–Trinajstić information content (AvgIpc) is 2.59. The van der Waals surface area contributed by atoms with E-state index in [0.717, 1.165) is 5.56 Å². The fourth-order valence-electron chi connectivity index (χ4n) is 3.16. The Morgan fingerprint density at radius 2 is 2.08 bits per heavy atom. The second-order valence-electron chi connectivity index (χ2n) is 6.17. The van der Waals surface area contributed by atoms with Crippen LogP contribution >= 0.6 is 0 Å². The Morgan fingerprint density at radius 3 is 2.79 bits per heavy atom. The van der Waals surface area contributed by atoms with Gasteiger partial charge in [0.25, 0.3) is 0 Å². The Bertz CT molecular complexity index is 647. The Labute approximate surface area is 140 Å². The molecule has 1 saturated heterocycles. The lowest BCUT2D eigenvalue weighted by atomic mass is 10.0. The summed E-state index contributed by atoms with van der Waals surface area (Å²) < 4.78 is 19.0. The lowest BCUT2D eigenvalue weighted by Crippen LogP contribution is -2.60. The highest BCUT2D eigenvalue weighted by Crippen LogP contribution is 2.22. The van der Waals surface area contributed by atoms with Crippen molar-refractivity contribution < 1.29 is 18.7 Å². The van der Waals surface area contributed by atoms with Crippen LogP contribution in [0.25, 0.3) is 0 Å². The van der Waals surface area contributed by atoms with E-state index in [0.29, 0.717) is 19.5 Å². The maximum atomic E-state index is 13.5. The minimum absolute atomic E-state index is 0.0323. The van der Waals surface area contributed by atoms with E-state index in [1.807, 2.05) is 30.3 Å². The summed E-state index contributed by atoms with van der Waals surface area (Å²) in [5.74, 6) is -0.780. The monoisotopic (exact) mass is 332 g/mol. The van der Waals surface area contributed by atoms with Gasteiger partial charge in [-0.1, -0.05) is 30.3 Å². The third kappa shape index (κ3) is 3.48. The van der Waals surface area contributed by atoms with Crippen molar-refractivity contribution in [2.75, 3.05) is 19.7 Å². The predicted molar refractivity (Wildman–Crippen MR) is 86.6 cm³/mol. The number of hydrogen-bond donors (Lipinski definition) is 0. The van der Waals surface area contributed by atoms with Crippen LogP contribution in [0.3, 0.4) is 0 Å². The molecule has 0 aromatic heterocycles. The van der Waals surface area contributed by atoms with Gasteiger partial charge < -0.3 is 14.5 Å². The molecule has 1 aromatic rings. The summed E-state index contributed by atoms with van der Waals surface area (Å²) in [6.07, 6.45) is 1.57. The fraction of sp³-hybridized carbons (Fsp3) is 0.444. The number of benzene rings is 1. The molecule has 1 aromatic carbocycles. The standard InChI is InChI=1S/C18H21FN2O3/c1-13-17(18(23)20-9-5-8-15(19)11-20)21(16(22)12-24-13)10-14-6-3-2-4-7-14/h2-4,6-8,13,17H,5,9-12H2,1H3/t13-,17+/m1/s1. The molecule has 3 rings (SSSR count). The van der Waals surface area contributed by atoms with E-state index in [9.17, 15) is 14.0 Å². The molecule has 2 atom stereocenters. The Balaban J connectivity index is 1.82. The molecule has 6 heteroatoms. The summed E-state index contributed by atoms with van der Waals surface area (Å²) in [6.45, 7) is 2.52. The number of amides is 2. The van der Waals surface area contributed by atoms with Crippen LogP contribution in [0.1, 0.15) is 18.9 Å². The van der Waals surface area contributed by atoms with Crippen LogP contribution in [0.2, 0.25) is 0 Å². The van der Waals surface area contributed by atoms with E-state index in [-0.39, 0.29) is 30.8 Å². The normalized spacial score (nSPS) is 24.8. The molecule has 24 heavy (non-hydrogen) atoms. The average molecular weight is 332 g/mol. The van der Waals surface area contributed by atoms with E-state index in [4.69, 9.17) is 4.74 Å². The van der Waals surface area contributed by atoms with Gasteiger partial charge in [0.15, 0.2) is 0 Å². The van der Waals surface area contributed by atoms with Crippen molar-refractivity contribution in [3.05, 3.63) is 47.8 Å². The minimum Gasteiger partial charge on any atom is -0.366 e. The number of ether oxygens (including phenoxy) is 1. The predicted octanol–water partition coefficient (Wildman–Crippen LogP) is 1.89. The lowest BCUT2D eigenvalue weighted by Gasteiger charge is -2.41. The number of hydrogen-bond acceptors (Lipinski definition) is 3. The van der Waals surface area contributed by atoms with Gasteiger partial charge >= 0.3 is 0 Å².